The maximum absolute atomic E-state index is 12.2. The van der Waals surface area contributed by atoms with Crippen LogP contribution in [0.3, 0.4) is 0 Å². The first-order valence-corrected chi connectivity index (χ1v) is 9.82. The molecule has 0 heterocycles. The molecule has 0 fully saturated rings. The van der Waals surface area contributed by atoms with Gasteiger partial charge >= 0.3 is 5.97 Å². The molecule has 0 aliphatic carbocycles. The molecule has 2 rings (SSSR count). The Bertz CT molecular complexity index is 913. The fourth-order valence-electron chi connectivity index (χ4n) is 2.80. The van der Waals surface area contributed by atoms with Gasteiger partial charge in [-0.05, 0) is 24.6 Å². The predicted molar refractivity (Wildman–Crippen MR) is 116 cm³/mol. The van der Waals surface area contributed by atoms with E-state index < -0.39 is 24.5 Å². The van der Waals surface area contributed by atoms with E-state index in [1.807, 2.05) is 25.1 Å². The summed E-state index contributed by atoms with van der Waals surface area (Å²) in [4.78, 5) is 49.2. The monoisotopic (exact) mass is 425 g/mol. The maximum atomic E-state index is 12.2. The van der Waals surface area contributed by atoms with Crippen LogP contribution >= 0.6 is 0 Å². The molecule has 164 valence electrons. The van der Waals surface area contributed by atoms with E-state index in [2.05, 4.69) is 10.6 Å². The second-order valence-electron chi connectivity index (χ2n) is 7.19. The van der Waals surface area contributed by atoms with E-state index in [1.54, 1.807) is 36.4 Å². The van der Waals surface area contributed by atoms with E-state index in [0.717, 1.165) is 11.1 Å². The average molecular weight is 425 g/mol. The van der Waals surface area contributed by atoms with Gasteiger partial charge < -0.3 is 20.3 Å². The lowest BCUT2D eigenvalue weighted by Gasteiger charge is -2.19. The Hall–Kier alpha value is -3.68. The molecule has 31 heavy (non-hydrogen) atoms. The molecule has 0 saturated carbocycles. The van der Waals surface area contributed by atoms with Crippen LogP contribution in [0.4, 0.5) is 5.69 Å². The van der Waals surface area contributed by atoms with Crippen LogP contribution in [0.15, 0.2) is 54.6 Å². The van der Waals surface area contributed by atoms with Gasteiger partial charge in [-0.2, -0.15) is 0 Å². The lowest BCUT2D eigenvalue weighted by atomic mass is 10.0. The molecule has 2 aromatic rings. The van der Waals surface area contributed by atoms with Crippen LogP contribution in [0.25, 0.3) is 0 Å². The molecule has 0 aliphatic heterocycles. The van der Waals surface area contributed by atoms with Crippen molar-refractivity contribution in [3.63, 3.8) is 0 Å². The fourth-order valence-corrected chi connectivity index (χ4v) is 2.80. The summed E-state index contributed by atoms with van der Waals surface area (Å²) in [6.45, 7) is 2.64. The quantitative estimate of drug-likeness (QED) is 0.600. The van der Waals surface area contributed by atoms with Crippen molar-refractivity contribution < 1.29 is 23.9 Å². The third-order valence-corrected chi connectivity index (χ3v) is 4.45. The zero-order valence-electron chi connectivity index (χ0n) is 17.9. The Kier molecular flexibility index (Phi) is 8.75. The van der Waals surface area contributed by atoms with E-state index in [-0.39, 0.29) is 24.8 Å². The molecule has 0 bridgehead atoms. The molecule has 0 aromatic heterocycles. The molecule has 8 nitrogen and oxygen atoms in total. The second-order valence-corrected chi connectivity index (χ2v) is 7.19. The highest BCUT2D eigenvalue weighted by atomic mass is 16.5. The van der Waals surface area contributed by atoms with Gasteiger partial charge in [0.05, 0.1) is 19.0 Å². The molecule has 8 heteroatoms. The average Bonchev–Trinajstić information content (AvgIpc) is 2.73. The number of nitrogens with zero attached hydrogens (tertiary/aromatic N) is 1. The number of ether oxygens (including phenoxy) is 1. The summed E-state index contributed by atoms with van der Waals surface area (Å²) in [5, 5.41) is 5.40. The molecular weight excluding hydrogens is 398 g/mol. The molecule has 0 unspecified atom stereocenters. The van der Waals surface area contributed by atoms with Crippen molar-refractivity contribution in [2.45, 2.75) is 26.3 Å². The summed E-state index contributed by atoms with van der Waals surface area (Å²) in [6, 6.07) is 15.7. The highest BCUT2D eigenvalue weighted by Crippen LogP contribution is 2.17. The number of rotatable bonds is 9. The van der Waals surface area contributed by atoms with Crippen molar-refractivity contribution in [3.05, 3.63) is 65.7 Å². The number of amides is 3. The number of benzene rings is 2. The smallest absolute Gasteiger partial charge is 0.308 e. The van der Waals surface area contributed by atoms with Crippen molar-refractivity contribution in [1.29, 1.82) is 0 Å². The van der Waals surface area contributed by atoms with Gasteiger partial charge in [-0.25, -0.2) is 0 Å². The summed E-state index contributed by atoms with van der Waals surface area (Å²) in [6.07, 6.45) is -0.117. The van der Waals surface area contributed by atoms with E-state index in [1.165, 1.54) is 18.9 Å². The lowest BCUT2D eigenvalue weighted by Crippen LogP contribution is -2.37. The Morgan fingerprint density at radius 2 is 1.65 bits per heavy atom. The summed E-state index contributed by atoms with van der Waals surface area (Å²) < 4.78 is 5.06. The number of likely N-dealkylation sites (N-methyl/N-ethyl adjacent to an activating group) is 1. The minimum Gasteiger partial charge on any atom is -0.455 e. The van der Waals surface area contributed by atoms with E-state index in [9.17, 15) is 19.2 Å². The van der Waals surface area contributed by atoms with Crippen LogP contribution in [0.2, 0.25) is 0 Å². The number of hydrogen-bond acceptors (Lipinski definition) is 5. The minimum atomic E-state index is -0.631. The lowest BCUT2D eigenvalue weighted by molar-refractivity contribution is -0.152. The first-order valence-electron chi connectivity index (χ1n) is 9.82. The van der Waals surface area contributed by atoms with Gasteiger partial charge in [0.25, 0.3) is 5.91 Å². The first-order chi connectivity index (χ1) is 14.7. The SMILES string of the molecule is CC(=O)N[C@@H](CC(=O)OCC(=O)N(C)CC(=O)Nc1ccc(C)cc1)c1ccccc1. The van der Waals surface area contributed by atoms with Gasteiger partial charge in [-0.1, -0.05) is 48.0 Å². The van der Waals surface area contributed by atoms with Crippen LogP contribution in [0.1, 0.15) is 30.5 Å². The summed E-state index contributed by atoms with van der Waals surface area (Å²) in [5.74, 6) is -1.78. The molecular formula is C23H27N3O5. The van der Waals surface area contributed by atoms with E-state index in [0.29, 0.717) is 5.69 Å². The number of nitrogens with one attached hydrogen (secondary N) is 2. The second kappa shape index (κ2) is 11.5. The van der Waals surface area contributed by atoms with Crippen molar-refractivity contribution in [3.8, 4) is 0 Å². The molecule has 0 aliphatic rings. The van der Waals surface area contributed by atoms with Gasteiger partial charge in [-0.15, -0.1) is 0 Å². The molecule has 0 saturated heterocycles. The van der Waals surface area contributed by atoms with Gasteiger partial charge in [0, 0.05) is 19.7 Å². The summed E-state index contributed by atoms with van der Waals surface area (Å²) in [7, 11) is 1.45. The number of esters is 1. The molecule has 2 aromatic carbocycles. The molecule has 2 N–H and O–H groups in total. The van der Waals surface area contributed by atoms with Crippen LogP contribution in [0, 0.1) is 6.92 Å². The maximum Gasteiger partial charge on any atom is 0.308 e. The van der Waals surface area contributed by atoms with Gasteiger partial charge in [-0.3, -0.25) is 19.2 Å². The Morgan fingerprint density at radius 1 is 1.00 bits per heavy atom. The summed E-state index contributed by atoms with van der Waals surface area (Å²) >= 11 is 0. The Balaban J connectivity index is 1.81. The summed E-state index contributed by atoms with van der Waals surface area (Å²) in [5.41, 5.74) is 2.46. The van der Waals surface area contributed by atoms with Crippen LogP contribution in [0.5, 0.6) is 0 Å². The van der Waals surface area contributed by atoms with Crippen molar-refractivity contribution in [2.75, 3.05) is 25.5 Å². The van der Waals surface area contributed by atoms with Gasteiger partial charge in [0.1, 0.15) is 0 Å². The van der Waals surface area contributed by atoms with E-state index in [4.69, 9.17) is 4.74 Å². The number of anilines is 1. The highest BCUT2D eigenvalue weighted by molar-refractivity contribution is 5.94. The van der Waals surface area contributed by atoms with E-state index >= 15 is 0 Å². The molecule has 0 spiro atoms. The zero-order chi connectivity index (χ0) is 22.8. The third-order valence-electron chi connectivity index (χ3n) is 4.45. The van der Waals surface area contributed by atoms with Gasteiger partial charge in [0.15, 0.2) is 6.61 Å². The molecule has 3 amide bonds. The number of hydrogen-bond donors (Lipinski definition) is 2. The van der Waals surface area contributed by atoms with Crippen LogP contribution in [-0.4, -0.2) is 48.8 Å². The predicted octanol–water partition coefficient (Wildman–Crippen LogP) is 2.20. The third kappa shape index (κ3) is 8.30. The van der Waals surface area contributed by atoms with Crippen molar-refractivity contribution in [2.24, 2.45) is 0 Å². The molecule has 1 atom stereocenters. The van der Waals surface area contributed by atoms with Crippen LogP contribution < -0.4 is 10.6 Å². The Labute approximate surface area is 181 Å². The standard InChI is InChI=1S/C23H27N3O5/c1-16-9-11-19(12-10-16)25-21(28)14-26(3)22(29)15-31-23(30)13-20(24-17(2)27)18-7-5-4-6-8-18/h4-12,20H,13-15H2,1-3H3,(H,24,27)(H,25,28)/t20-/m0/s1. The van der Waals surface area contributed by atoms with Crippen molar-refractivity contribution >= 4 is 29.4 Å². The zero-order valence-corrected chi connectivity index (χ0v) is 17.9. The van der Waals surface area contributed by atoms with Crippen LogP contribution in [-0.2, 0) is 23.9 Å². The largest absolute Gasteiger partial charge is 0.455 e. The van der Waals surface area contributed by atoms with Crippen molar-refractivity contribution in [1.82, 2.24) is 10.2 Å². The number of carbonyl (C=O) groups is 4. The molecule has 0 radical (unpaired) electrons. The first kappa shape index (κ1) is 23.6. The Morgan fingerprint density at radius 3 is 2.26 bits per heavy atom. The number of aryl methyl sites for hydroxylation is 1. The van der Waals surface area contributed by atoms with Gasteiger partial charge in [0.2, 0.25) is 11.8 Å². The highest BCUT2D eigenvalue weighted by Gasteiger charge is 2.20. The minimum absolute atomic E-state index is 0.117. The fraction of sp³-hybridized carbons (Fsp3) is 0.304. The number of carbonyl (C=O) groups excluding carboxylic acids is 4. The topological polar surface area (TPSA) is 105 Å². The normalized spacial score (nSPS) is 11.2.